The molecule has 1 aliphatic heterocycles. The highest BCUT2D eigenvalue weighted by atomic mass is 35.5. The van der Waals surface area contributed by atoms with Gasteiger partial charge in [-0.25, -0.2) is 17.6 Å². The van der Waals surface area contributed by atoms with Crippen LogP contribution in [0.3, 0.4) is 0 Å². The lowest BCUT2D eigenvalue weighted by atomic mass is 10.1. The normalized spacial score (nSPS) is 15.3. The summed E-state index contributed by atoms with van der Waals surface area (Å²) in [5.41, 5.74) is 0.921. The number of piperazine rings is 1. The molecule has 2 amide bonds. The van der Waals surface area contributed by atoms with Gasteiger partial charge < -0.3 is 10.2 Å². The van der Waals surface area contributed by atoms with Gasteiger partial charge in [0.25, 0.3) is 0 Å². The minimum atomic E-state index is -3.71. The first-order chi connectivity index (χ1) is 13.8. The molecule has 2 aromatic carbocycles. The fourth-order valence-electron chi connectivity index (χ4n) is 2.99. The first kappa shape index (κ1) is 21.8. The lowest BCUT2D eigenvalue weighted by Crippen LogP contribution is -2.53. The molecule has 0 unspecified atom stereocenters. The SMILES string of the molecule is O=C(NCCc1ccc(F)cc1)N1CCN(S(=O)(=O)c2ccc(Cl)c(Cl)c2)CC1. The van der Waals surface area contributed by atoms with E-state index in [1.807, 2.05) is 0 Å². The summed E-state index contributed by atoms with van der Waals surface area (Å²) >= 11 is 11.8. The maximum atomic E-state index is 12.9. The van der Waals surface area contributed by atoms with E-state index in [1.165, 1.54) is 34.6 Å². The Kier molecular flexibility index (Phi) is 7.00. The van der Waals surface area contributed by atoms with E-state index in [9.17, 15) is 17.6 Å². The summed E-state index contributed by atoms with van der Waals surface area (Å²) in [6, 6.07) is 10.0. The van der Waals surface area contributed by atoms with Crippen molar-refractivity contribution in [1.29, 1.82) is 0 Å². The number of hydrogen-bond donors (Lipinski definition) is 1. The number of benzene rings is 2. The molecule has 6 nitrogen and oxygen atoms in total. The van der Waals surface area contributed by atoms with Crippen LogP contribution in [0.15, 0.2) is 47.4 Å². The Labute approximate surface area is 179 Å². The Hall–Kier alpha value is -1.87. The molecule has 10 heteroatoms. The molecule has 0 aromatic heterocycles. The molecule has 29 heavy (non-hydrogen) atoms. The van der Waals surface area contributed by atoms with E-state index in [1.54, 1.807) is 17.0 Å². The van der Waals surface area contributed by atoms with Crippen LogP contribution in [0.4, 0.5) is 9.18 Å². The van der Waals surface area contributed by atoms with Crippen molar-refractivity contribution in [2.24, 2.45) is 0 Å². The third-order valence-electron chi connectivity index (χ3n) is 4.66. The van der Waals surface area contributed by atoms with Gasteiger partial charge in [-0.15, -0.1) is 0 Å². The van der Waals surface area contributed by atoms with Gasteiger partial charge in [0.15, 0.2) is 0 Å². The molecular formula is C19H20Cl2FN3O3S. The van der Waals surface area contributed by atoms with Crippen molar-refractivity contribution >= 4 is 39.3 Å². The van der Waals surface area contributed by atoms with Crippen LogP contribution in [-0.2, 0) is 16.4 Å². The largest absolute Gasteiger partial charge is 0.338 e. The van der Waals surface area contributed by atoms with Gasteiger partial charge >= 0.3 is 6.03 Å². The number of carbonyl (C=O) groups is 1. The predicted octanol–water partition coefficient (Wildman–Crippen LogP) is 3.39. The van der Waals surface area contributed by atoms with Crippen LogP contribution in [0, 0.1) is 5.82 Å². The fourth-order valence-corrected chi connectivity index (χ4v) is 4.81. The number of amides is 2. The van der Waals surface area contributed by atoms with Gasteiger partial charge in [0, 0.05) is 32.7 Å². The molecule has 0 spiro atoms. The third-order valence-corrected chi connectivity index (χ3v) is 7.29. The second-order valence-corrected chi connectivity index (χ2v) is 9.33. The number of nitrogens with one attached hydrogen (secondary N) is 1. The molecular weight excluding hydrogens is 440 g/mol. The highest BCUT2D eigenvalue weighted by Crippen LogP contribution is 2.27. The zero-order chi connectivity index (χ0) is 21.0. The number of nitrogens with zero attached hydrogens (tertiary/aromatic N) is 2. The van der Waals surface area contributed by atoms with Gasteiger partial charge in [0.05, 0.1) is 14.9 Å². The zero-order valence-electron chi connectivity index (χ0n) is 15.4. The van der Waals surface area contributed by atoms with E-state index >= 15 is 0 Å². The van der Waals surface area contributed by atoms with Crippen LogP contribution in [-0.4, -0.2) is 56.4 Å². The summed E-state index contributed by atoms with van der Waals surface area (Å²) in [6.45, 7) is 1.35. The Morgan fingerprint density at radius 3 is 2.28 bits per heavy atom. The molecule has 156 valence electrons. The van der Waals surface area contributed by atoms with Gasteiger partial charge in [0.1, 0.15) is 5.82 Å². The first-order valence-corrected chi connectivity index (χ1v) is 11.2. The number of sulfonamides is 1. The topological polar surface area (TPSA) is 69.7 Å². The second-order valence-electron chi connectivity index (χ2n) is 6.58. The molecule has 0 aliphatic carbocycles. The number of urea groups is 1. The number of hydrogen-bond acceptors (Lipinski definition) is 3. The van der Waals surface area contributed by atoms with Crippen LogP contribution < -0.4 is 5.32 Å². The average Bonchev–Trinajstić information content (AvgIpc) is 2.71. The Morgan fingerprint density at radius 1 is 1.00 bits per heavy atom. The van der Waals surface area contributed by atoms with E-state index in [2.05, 4.69) is 5.32 Å². The average molecular weight is 460 g/mol. The number of halogens is 3. The molecule has 0 radical (unpaired) electrons. The molecule has 0 saturated carbocycles. The minimum absolute atomic E-state index is 0.0732. The smallest absolute Gasteiger partial charge is 0.317 e. The monoisotopic (exact) mass is 459 g/mol. The van der Waals surface area contributed by atoms with Crippen LogP contribution in [0.1, 0.15) is 5.56 Å². The van der Waals surface area contributed by atoms with Gasteiger partial charge in [0.2, 0.25) is 10.0 Å². The number of rotatable bonds is 5. The van der Waals surface area contributed by atoms with Crippen molar-refractivity contribution < 1.29 is 17.6 Å². The van der Waals surface area contributed by atoms with E-state index in [-0.39, 0.29) is 53.0 Å². The Morgan fingerprint density at radius 2 is 1.66 bits per heavy atom. The Bertz CT molecular complexity index is 979. The quantitative estimate of drug-likeness (QED) is 0.744. The summed E-state index contributed by atoms with van der Waals surface area (Å²) in [5.74, 6) is -0.300. The summed E-state index contributed by atoms with van der Waals surface area (Å²) in [7, 11) is -3.71. The van der Waals surface area contributed by atoms with Crippen molar-refractivity contribution in [3.8, 4) is 0 Å². The molecule has 1 heterocycles. The predicted molar refractivity (Wildman–Crippen MR) is 110 cm³/mol. The minimum Gasteiger partial charge on any atom is -0.338 e. The van der Waals surface area contributed by atoms with Crippen LogP contribution in [0.5, 0.6) is 0 Å². The van der Waals surface area contributed by atoms with E-state index in [0.29, 0.717) is 13.0 Å². The van der Waals surface area contributed by atoms with Gasteiger partial charge in [-0.3, -0.25) is 0 Å². The maximum Gasteiger partial charge on any atom is 0.317 e. The van der Waals surface area contributed by atoms with E-state index in [0.717, 1.165) is 5.56 Å². The summed E-state index contributed by atoms with van der Waals surface area (Å²) < 4.78 is 39.8. The fraction of sp³-hybridized carbons (Fsp3) is 0.316. The molecule has 1 aliphatic rings. The molecule has 1 N–H and O–H groups in total. The molecule has 1 saturated heterocycles. The molecule has 0 bridgehead atoms. The van der Waals surface area contributed by atoms with Crippen molar-refractivity contribution in [2.45, 2.75) is 11.3 Å². The molecule has 0 atom stereocenters. The van der Waals surface area contributed by atoms with Crippen molar-refractivity contribution in [3.05, 3.63) is 63.9 Å². The first-order valence-electron chi connectivity index (χ1n) is 9.00. The molecule has 3 rings (SSSR count). The Balaban J connectivity index is 1.50. The zero-order valence-corrected chi connectivity index (χ0v) is 17.8. The maximum absolute atomic E-state index is 12.9. The van der Waals surface area contributed by atoms with E-state index < -0.39 is 10.0 Å². The highest BCUT2D eigenvalue weighted by Gasteiger charge is 2.30. The van der Waals surface area contributed by atoms with Crippen molar-refractivity contribution in [2.75, 3.05) is 32.7 Å². The summed E-state index contributed by atoms with van der Waals surface area (Å²) in [5, 5.41) is 3.27. The lowest BCUT2D eigenvalue weighted by molar-refractivity contribution is 0.172. The van der Waals surface area contributed by atoms with Gasteiger partial charge in [-0.2, -0.15) is 4.31 Å². The van der Waals surface area contributed by atoms with Crippen molar-refractivity contribution in [3.63, 3.8) is 0 Å². The molecule has 1 fully saturated rings. The molecule has 2 aromatic rings. The number of carbonyl (C=O) groups excluding carboxylic acids is 1. The highest BCUT2D eigenvalue weighted by molar-refractivity contribution is 7.89. The summed E-state index contributed by atoms with van der Waals surface area (Å²) in [4.78, 5) is 14.0. The summed E-state index contributed by atoms with van der Waals surface area (Å²) in [6.07, 6.45) is 0.581. The van der Waals surface area contributed by atoms with E-state index in [4.69, 9.17) is 23.2 Å². The third kappa shape index (κ3) is 5.39. The van der Waals surface area contributed by atoms with Crippen molar-refractivity contribution in [1.82, 2.24) is 14.5 Å². The van der Waals surface area contributed by atoms with Crippen LogP contribution in [0.2, 0.25) is 10.0 Å². The second kappa shape index (κ2) is 9.30. The van der Waals surface area contributed by atoms with Crippen LogP contribution >= 0.6 is 23.2 Å². The lowest BCUT2D eigenvalue weighted by Gasteiger charge is -2.34. The van der Waals surface area contributed by atoms with Gasteiger partial charge in [-0.05, 0) is 42.3 Å². The van der Waals surface area contributed by atoms with Gasteiger partial charge in [-0.1, -0.05) is 35.3 Å². The van der Waals surface area contributed by atoms with Crippen LogP contribution in [0.25, 0.3) is 0 Å². The standard InChI is InChI=1S/C19H20Cl2FN3O3S/c20-17-6-5-16(13-18(17)21)29(27,28)25-11-9-24(10-12-25)19(26)23-8-7-14-1-3-15(22)4-2-14/h1-6,13H,7-12H2,(H,23,26).